The van der Waals surface area contributed by atoms with Gasteiger partial charge in [0.15, 0.2) is 17.8 Å². The number of hydrogen-bond acceptors (Lipinski definition) is 7. The maximum atomic E-state index is 10.3. The van der Waals surface area contributed by atoms with Gasteiger partial charge in [-0.05, 0) is 36.8 Å². The second-order valence-corrected chi connectivity index (χ2v) is 7.04. The van der Waals surface area contributed by atoms with Gasteiger partial charge in [0.2, 0.25) is 5.75 Å². The van der Waals surface area contributed by atoms with Crippen LogP contribution in [-0.2, 0) is 22.3 Å². The summed E-state index contributed by atoms with van der Waals surface area (Å²) in [4.78, 5) is 0. The van der Waals surface area contributed by atoms with Crippen LogP contribution < -0.4 is 9.47 Å². The molecule has 1 aromatic rings. The maximum absolute atomic E-state index is 10.3. The molecule has 26 heavy (non-hydrogen) atoms. The summed E-state index contributed by atoms with van der Waals surface area (Å²) >= 11 is 0. The van der Waals surface area contributed by atoms with E-state index in [-0.39, 0.29) is 24.4 Å². The van der Waals surface area contributed by atoms with Gasteiger partial charge in [-0.15, -0.1) is 0 Å². The Balaban J connectivity index is 1.64. The number of hydrogen-bond donors (Lipinski definition) is 3. The van der Waals surface area contributed by atoms with Gasteiger partial charge in [-0.2, -0.15) is 0 Å². The van der Waals surface area contributed by atoms with Crippen molar-refractivity contribution in [3.8, 4) is 17.2 Å². The number of aryl methyl sites for hydroxylation is 1. The lowest BCUT2D eigenvalue weighted by Crippen LogP contribution is -2.39. The van der Waals surface area contributed by atoms with E-state index in [9.17, 15) is 15.3 Å². The van der Waals surface area contributed by atoms with E-state index in [2.05, 4.69) is 0 Å². The van der Waals surface area contributed by atoms with Gasteiger partial charge in [0.1, 0.15) is 0 Å². The van der Waals surface area contributed by atoms with Crippen molar-refractivity contribution < 1.29 is 34.3 Å². The van der Waals surface area contributed by atoms with E-state index in [0.29, 0.717) is 30.9 Å². The van der Waals surface area contributed by atoms with Crippen molar-refractivity contribution in [3.05, 3.63) is 17.2 Å². The Labute approximate surface area is 153 Å². The number of phenolic OH excluding ortho intramolecular Hbond substituents is 1. The lowest BCUT2D eigenvalue weighted by Gasteiger charge is -2.34. The van der Waals surface area contributed by atoms with Crippen molar-refractivity contribution in [1.82, 2.24) is 0 Å². The fourth-order valence-corrected chi connectivity index (χ4v) is 3.85. The molecule has 1 aliphatic carbocycles. The van der Waals surface area contributed by atoms with Gasteiger partial charge in [0.05, 0.1) is 39.6 Å². The Morgan fingerprint density at radius 1 is 1.23 bits per heavy atom. The van der Waals surface area contributed by atoms with Crippen molar-refractivity contribution in [2.24, 2.45) is 5.92 Å². The Hall–Kier alpha value is -1.54. The van der Waals surface area contributed by atoms with E-state index in [1.54, 1.807) is 7.11 Å². The molecule has 1 fully saturated rings. The molecule has 0 radical (unpaired) electrons. The van der Waals surface area contributed by atoms with Crippen molar-refractivity contribution in [1.29, 1.82) is 0 Å². The van der Waals surface area contributed by atoms with Gasteiger partial charge in [-0.25, -0.2) is 0 Å². The molecule has 4 atom stereocenters. The highest BCUT2D eigenvalue weighted by atomic mass is 16.7. The molecule has 1 saturated heterocycles. The number of methoxy groups -OCH3 is 2. The minimum atomic E-state index is -0.512. The van der Waals surface area contributed by atoms with Crippen LogP contribution in [-0.4, -0.2) is 61.3 Å². The Morgan fingerprint density at radius 2 is 2.04 bits per heavy atom. The Morgan fingerprint density at radius 3 is 2.73 bits per heavy atom. The summed E-state index contributed by atoms with van der Waals surface area (Å²) in [6.07, 6.45) is 2.00. The number of rotatable bonds is 6. The Bertz CT molecular complexity index is 618. The van der Waals surface area contributed by atoms with Crippen molar-refractivity contribution in [3.63, 3.8) is 0 Å². The second-order valence-electron chi connectivity index (χ2n) is 7.04. The highest BCUT2D eigenvalue weighted by Gasteiger charge is 2.31. The summed E-state index contributed by atoms with van der Waals surface area (Å²) in [6, 6.07) is 1.87. The third-order valence-corrected chi connectivity index (χ3v) is 5.22. The van der Waals surface area contributed by atoms with Gasteiger partial charge in [0.25, 0.3) is 0 Å². The summed E-state index contributed by atoms with van der Waals surface area (Å²) in [7, 11) is 3.07. The van der Waals surface area contributed by atoms with Gasteiger partial charge < -0.3 is 34.3 Å². The molecular weight excluding hydrogens is 340 g/mol. The monoisotopic (exact) mass is 368 g/mol. The molecule has 7 heteroatoms. The van der Waals surface area contributed by atoms with Crippen LogP contribution in [0.1, 0.15) is 30.4 Å². The lowest BCUT2D eigenvalue weighted by atomic mass is 9.83. The lowest BCUT2D eigenvalue weighted by molar-refractivity contribution is -0.225. The second kappa shape index (κ2) is 8.43. The highest BCUT2D eigenvalue weighted by molar-refractivity contribution is 5.59. The summed E-state index contributed by atoms with van der Waals surface area (Å²) in [5.41, 5.74) is 2.11. The molecule has 2 aliphatic rings. The number of benzene rings is 1. The van der Waals surface area contributed by atoms with Crippen molar-refractivity contribution in [2.45, 2.75) is 50.6 Å². The molecule has 3 rings (SSSR count). The number of ether oxygens (including phenoxy) is 4. The quantitative estimate of drug-likeness (QED) is 0.698. The first kappa shape index (κ1) is 19.2. The molecule has 1 aliphatic heterocycles. The van der Waals surface area contributed by atoms with E-state index in [4.69, 9.17) is 18.9 Å². The van der Waals surface area contributed by atoms with Crippen LogP contribution in [0.5, 0.6) is 17.2 Å². The van der Waals surface area contributed by atoms with Gasteiger partial charge in [-0.1, -0.05) is 0 Å². The SMILES string of the molecule is COc1cc2c(c(OC)c1O)C[C@H](CO[C@H]1C[C@@H](O)C[C@@H](CO)O1)CC2. The number of phenols is 1. The summed E-state index contributed by atoms with van der Waals surface area (Å²) < 4.78 is 22.2. The van der Waals surface area contributed by atoms with Gasteiger partial charge >= 0.3 is 0 Å². The molecule has 0 saturated carbocycles. The molecule has 3 N–H and O–H groups in total. The molecule has 0 amide bonds. The van der Waals surface area contributed by atoms with Gasteiger partial charge in [0, 0.05) is 18.4 Å². The molecule has 0 unspecified atom stereocenters. The smallest absolute Gasteiger partial charge is 0.201 e. The number of aliphatic hydroxyl groups is 2. The largest absolute Gasteiger partial charge is 0.502 e. The normalized spacial score (nSPS) is 28.5. The topological polar surface area (TPSA) is 97.6 Å². The first-order valence-electron chi connectivity index (χ1n) is 9.07. The summed E-state index contributed by atoms with van der Waals surface area (Å²) in [6.45, 7) is 0.372. The minimum absolute atomic E-state index is 0.0276. The standard InChI is InChI=1S/C19H28O7/c1-23-16-6-12-4-3-11(5-15(12)19(24-2)18(16)22)10-25-17-8-13(21)7-14(9-20)26-17/h6,11,13-14,17,20-22H,3-5,7-10H2,1-2H3/t11-,13+,14+,17-/m1/s1. The fraction of sp³-hybridized carbons (Fsp3) is 0.684. The predicted molar refractivity (Wildman–Crippen MR) is 93.7 cm³/mol. The van der Waals surface area contributed by atoms with Crippen molar-refractivity contribution >= 4 is 0 Å². The number of fused-ring (bicyclic) bond motifs is 1. The predicted octanol–water partition coefficient (Wildman–Crippen LogP) is 1.39. The third kappa shape index (κ3) is 4.06. The summed E-state index contributed by atoms with van der Waals surface area (Å²) in [5.74, 6) is 1.18. The zero-order valence-electron chi connectivity index (χ0n) is 15.3. The van der Waals surface area contributed by atoms with E-state index in [1.807, 2.05) is 6.07 Å². The minimum Gasteiger partial charge on any atom is -0.502 e. The molecule has 0 spiro atoms. The molecule has 0 aromatic heterocycles. The van der Waals surface area contributed by atoms with Crippen molar-refractivity contribution in [2.75, 3.05) is 27.4 Å². The number of aromatic hydroxyl groups is 1. The van der Waals surface area contributed by atoms with Crippen LogP contribution in [0.15, 0.2) is 6.07 Å². The van der Waals surface area contributed by atoms with Crippen LogP contribution in [0, 0.1) is 5.92 Å². The van der Waals surface area contributed by atoms with E-state index in [1.165, 1.54) is 7.11 Å². The molecule has 1 heterocycles. The average molecular weight is 368 g/mol. The van der Waals surface area contributed by atoms with Crippen LogP contribution in [0.4, 0.5) is 0 Å². The van der Waals surface area contributed by atoms with Crippen LogP contribution in [0.3, 0.4) is 0 Å². The maximum Gasteiger partial charge on any atom is 0.201 e. The number of aliphatic hydroxyl groups excluding tert-OH is 2. The molecule has 1 aromatic carbocycles. The van der Waals surface area contributed by atoms with Crippen LogP contribution >= 0.6 is 0 Å². The average Bonchev–Trinajstić information content (AvgIpc) is 2.65. The zero-order chi connectivity index (χ0) is 18.7. The first-order valence-corrected chi connectivity index (χ1v) is 9.07. The fourth-order valence-electron chi connectivity index (χ4n) is 3.85. The Kier molecular flexibility index (Phi) is 6.24. The molecule has 146 valence electrons. The highest BCUT2D eigenvalue weighted by Crippen LogP contribution is 2.44. The molecule has 7 nitrogen and oxygen atoms in total. The molecule has 0 bridgehead atoms. The first-order chi connectivity index (χ1) is 12.5. The van der Waals surface area contributed by atoms with Crippen LogP contribution in [0.2, 0.25) is 0 Å². The van der Waals surface area contributed by atoms with E-state index < -0.39 is 12.4 Å². The van der Waals surface area contributed by atoms with E-state index in [0.717, 1.165) is 30.4 Å². The third-order valence-electron chi connectivity index (χ3n) is 5.22. The summed E-state index contributed by atoms with van der Waals surface area (Å²) in [5, 5.41) is 29.4. The van der Waals surface area contributed by atoms with Gasteiger partial charge in [-0.3, -0.25) is 0 Å². The molecular formula is C19H28O7. The zero-order valence-corrected chi connectivity index (χ0v) is 15.3. The van der Waals surface area contributed by atoms with Crippen LogP contribution in [0.25, 0.3) is 0 Å². The van der Waals surface area contributed by atoms with E-state index >= 15 is 0 Å².